The highest BCUT2D eigenvalue weighted by Crippen LogP contribution is 2.45. The van der Waals surface area contributed by atoms with E-state index >= 15 is 0 Å². The molecule has 17 nitrogen and oxygen atoms in total. The molecule has 0 radical (unpaired) electrons. The lowest BCUT2D eigenvalue weighted by atomic mass is 10.0. The lowest BCUT2D eigenvalue weighted by molar-refractivity contribution is -0.161. The third kappa shape index (κ3) is 67.9. The minimum Gasteiger partial charge on any atom is -0.462 e. The van der Waals surface area contributed by atoms with Crippen molar-refractivity contribution in [1.29, 1.82) is 0 Å². The van der Waals surface area contributed by atoms with E-state index in [1.54, 1.807) is 0 Å². The van der Waals surface area contributed by atoms with Gasteiger partial charge in [-0.25, -0.2) is 9.13 Å². The van der Waals surface area contributed by atoms with Crippen molar-refractivity contribution < 1.29 is 80.2 Å². The van der Waals surface area contributed by atoms with Crippen molar-refractivity contribution in [3.05, 3.63) is 24.3 Å². The molecule has 0 aliphatic carbocycles. The quantitative estimate of drug-likeness (QED) is 0.0169. The summed E-state index contributed by atoms with van der Waals surface area (Å²) in [6.45, 7) is 4.87. The molecule has 93 heavy (non-hydrogen) atoms. The van der Waals surface area contributed by atoms with Crippen LogP contribution in [0.5, 0.6) is 0 Å². The minimum atomic E-state index is -4.96. The average Bonchev–Trinajstić information content (AvgIpc) is 3.50. The molecule has 0 heterocycles. The Kier molecular flexibility index (Phi) is 66.3. The Morgan fingerprint density at radius 1 is 0.301 bits per heavy atom. The normalized spacial score (nSPS) is 14.1. The van der Waals surface area contributed by atoms with E-state index in [1.807, 2.05) is 0 Å². The number of phosphoric ester groups is 2. The topological polar surface area (TPSA) is 237 Å². The zero-order valence-corrected chi connectivity index (χ0v) is 61.5. The number of hydrogen-bond donors (Lipinski definition) is 3. The first kappa shape index (κ1) is 90.5. The average molecular weight is 1360 g/mol. The second-order valence-electron chi connectivity index (χ2n) is 26.0. The fourth-order valence-corrected chi connectivity index (χ4v) is 12.4. The van der Waals surface area contributed by atoms with Crippen LogP contribution >= 0.6 is 15.6 Å². The molecule has 0 aliphatic heterocycles. The third-order valence-electron chi connectivity index (χ3n) is 16.7. The number of carbonyl (C=O) groups excluding carboxylic acids is 4. The lowest BCUT2D eigenvalue weighted by Crippen LogP contribution is -2.30. The molecule has 0 rings (SSSR count). The Balaban J connectivity index is 5.23. The number of unbranched alkanes of at least 4 members (excludes halogenated alkanes) is 44. The maximum absolute atomic E-state index is 13.1. The van der Waals surface area contributed by atoms with Gasteiger partial charge < -0.3 is 33.8 Å². The summed E-state index contributed by atoms with van der Waals surface area (Å²) in [6.07, 6.45) is 60.5. The van der Waals surface area contributed by atoms with Gasteiger partial charge in [0.2, 0.25) is 0 Å². The Morgan fingerprint density at radius 2 is 0.516 bits per heavy atom. The number of aliphatic hydroxyl groups excluding tert-OH is 1. The summed E-state index contributed by atoms with van der Waals surface area (Å²) in [5.41, 5.74) is 0. The minimum absolute atomic E-state index is 0.102. The van der Waals surface area contributed by atoms with Crippen LogP contribution in [0.3, 0.4) is 0 Å². The van der Waals surface area contributed by atoms with E-state index in [0.717, 1.165) is 122 Å². The van der Waals surface area contributed by atoms with E-state index in [1.165, 1.54) is 167 Å². The molecule has 0 aromatic heterocycles. The van der Waals surface area contributed by atoms with Crippen molar-refractivity contribution in [3.63, 3.8) is 0 Å². The van der Waals surface area contributed by atoms with Crippen molar-refractivity contribution in [2.45, 2.75) is 386 Å². The summed E-state index contributed by atoms with van der Waals surface area (Å²) < 4.78 is 68.3. The molecule has 2 unspecified atom stereocenters. The van der Waals surface area contributed by atoms with Crippen LogP contribution in [0, 0.1) is 0 Å². The van der Waals surface area contributed by atoms with Crippen molar-refractivity contribution in [1.82, 2.24) is 0 Å². The number of aliphatic hydroxyl groups is 1. The first-order valence-electron chi connectivity index (χ1n) is 38.1. The largest absolute Gasteiger partial charge is 0.472 e. The monoisotopic (exact) mass is 1360 g/mol. The van der Waals surface area contributed by atoms with E-state index in [4.69, 9.17) is 37.0 Å². The van der Waals surface area contributed by atoms with Crippen LogP contribution in [0.25, 0.3) is 0 Å². The van der Waals surface area contributed by atoms with Gasteiger partial charge in [-0.1, -0.05) is 315 Å². The summed E-state index contributed by atoms with van der Waals surface area (Å²) >= 11 is 0. The number of esters is 4. The number of phosphoric acid groups is 2. The zero-order chi connectivity index (χ0) is 68.2. The van der Waals surface area contributed by atoms with E-state index in [2.05, 4.69) is 52.0 Å². The van der Waals surface area contributed by atoms with E-state index in [-0.39, 0.29) is 25.7 Å². The van der Waals surface area contributed by atoms with E-state index < -0.39 is 97.5 Å². The van der Waals surface area contributed by atoms with Gasteiger partial charge >= 0.3 is 39.5 Å². The number of hydrogen-bond acceptors (Lipinski definition) is 15. The molecule has 0 aliphatic rings. The summed E-state index contributed by atoms with van der Waals surface area (Å²) in [6, 6.07) is 0. The summed E-state index contributed by atoms with van der Waals surface area (Å²) in [5.74, 6) is -2.15. The van der Waals surface area contributed by atoms with Crippen LogP contribution in [0.2, 0.25) is 0 Å². The van der Waals surface area contributed by atoms with Gasteiger partial charge in [0, 0.05) is 25.7 Å². The first-order valence-corrected chi connectivity index (χ1v) is 41.1. The second-order valence-corrected chi connectivity index (χ2v) is 28.9. The van der Waals surface area contributed by atoms with Crippen LogP contribution in [-0.2, 0) is 65.4 Å². The van der Waals surface area contributed by atoms with Gasteiger partial charge in [-0.05, 0) is 51.4 Å². The number of ether oxygens (including phenoxy) is 4. The van der Waals surface area contributed by atoms with Gasteiger partial charge in [0.15, 0.2) is 12.2 Å². The molecule has 548 valence electrons. The Labute approximate surface area is 567 Å². The summed E-state index contributed by atoms with van der Waals surface area (Å²) in [7, 11) is -9.91. The third-order valence-corrected chi connectivity index (χ3v) is 18.6. The Bertz CT molecular complexity index is 1870. The fourth-order valence-electron chi connectivity index (χ4n) is 10.9. The molecule has 3 N–H and O–H groups in total. The van der Waals surface area contributed by atoms with Crippen LogP contribution < -0.4 is 0 Å². The van der Waals surface area contributed by atoms with Crippen molar-refractivity contribution >= 4 is 39.5 Å². The van der Waals surface area contributed by atoms with Crippen molar-refractivity contribution in [3.8, 4) is 0 Å². The van der Waals surface area contributed by atoms with Crippen molar-refractivity contribution in [2.24, 2.45) is 0 Å². The van der Waals surface area contributed by atoms with E-state index in [0.29, 0.717) is 25.7 Å². The number of allylic oxidation sites excluding steroid dienone is 4. The van der Waals surface area contributed by atoms with Crippen LogP contribution in [0.4, 0.5) is 0 Å². The highest BCUT2D eigenvalue weighted by molar-refractivity contribution is 7.47. The maximum Gasteiger partial charge on any atom is 0.472 e. The molecule has 0 bridgehead atoms. The van der Waals surface area contributed by atoms with Gasteiger partial charge in [-0.2, -0.15) is 0 Å². The molecule has 0 saturated carbocycles. The smallest absolute Gasteiger partial charge is 0.462 e. The second kappa shape index (κ2) is 68.1. The molecule has 5 atom stereocenters. The summed E-state index contributed by atoms with van der Waals surface area (Å²) in [5, 5.41) is 10.6. The van der Waals surface area contributed by atoms with Crippen LogP contribution in [0.1, 0.15) is 368 Å². The highest BCUT2D eigenvalue weighted by atomic mass is 31.2. The molecule has 0 aromatic rings. The van der Waals surface area contributed by atoms with Crippen molar-refractivity contribution in [2.75, 3.05) is 39.6 Å². The summed E-state index contributed by atoms with van der Waals surface area (Å²) in [4.78, 5) is 72.6. The standard InChI is InChI=1S/C74H140O17P2/c1-5-9-13-17-21-24-27-30-32-33-34-36-39-42-45-49-53-57-61-74(79)91-70(65-85-72(77)59-55-51-47-43-40-38-35-31-28-25-22-18-14-10-6-2)67-89-93(82,83)87-63-68(75)62-86-92(80,81)88-66-69(64-84-71(76)58-54-50-46-20-16-12-8-4)90-73(78)60-56-52-48-44-41-37-29-26-23-19-15-11-7-3/h25,28,31,35,68-70,75H,5-24,26-27,29-30,32-34,36-67H2,1-4H3,(H,80,81)(H,82,83)/b28-25-,35-31-/t68-,69+,70+/m0/s1. The van der Waals surface area contributed by atoms with Gasteiger partial charge in [0.25, 0.3) is 0 Å². The lowest BCUT2D eigenvalue weighted by Gasteiger charge is -2.21. The van der Waals surface area contributed by atoms with Gasteiger partial charge in [0.1, 0.15) is 19.3 Å². The van der Waals surface area contributed by atoms with Crippen LogP contribution in [-0.4, -0.2) is 96.7 Å². The van der Waals surface area contributed by atoms with Gasteiger partial charge in [0.05, 0.1) is 26.4 Å². The van der Waals surface area contributed by atoms with Gasteiger partial charge in [-0.15, -0.1) is 0 Å². The molecule has 0 saturated heterocycles. The maximum atomic E-state index is 13.1. The number of rotatable bonds is 73. The molecular formula is C74H140O17P2. The molecule has 0 spiro atoms. The molecule has 0 fully saturated rings. The Morgan fingerprint density at radius 3 is 0.785 bits per heavy atom. The highest BCUT2D eigenvalue weighted by Gasteiger charge is 2.30. The molecule has 0 aromatic carbocycles. The fraction of sp³-hybridized carbons (Fsp3) is 0.892. The molecular weight excluding hydrogens is 1220 g/mol. The van der Waals surface area contributed by atoms with E-state index in [9.17, 15) is 43.2 Å². The molecule has 0 amide bonds. The SMILES string of the molecule is CCCCCC/C=C\C=C/CCCCCCCC(=O)OC[C@H](COP(=O)(O)OC[C@@H](O)COP(=O)(O)OC[C@@H](COC(=O)CCCCCCCCC)OC(=O)CCCCCCCCCCCCCCC)OC(=O)CCCCCCCCCCCCCCCCCCCC. The first-order chi connectivity index (χ1) is 45.2. The molecule has 19 heteroatoms. The predicted octanol–water partition coefficient (Wildman–Crippen LogP) is 21.4. The Hall–Kier alpha value is -2.46. The van der Waals surface area contributed by atoms with Gasteiger partial charge in [-0.3, -0.25) is 37.3 Å². The zero-order valence-electron chi connectivity index (χ0n) is 59.7. The number of carbonyl (C=O) groups is 4. The van der Waals surface area contributed by atoms with Crippen LogP contribution in [0.15, 0.2) is 24.3 Å². The predicted molar refractivity (Wildman–Crippen MR) is 377 cm³/mol.